The van der Waals surface area contributed by atoms with Crippen LogP contribution in [0, 0.1) is 6.92 Å². The first-order valence-corrected chi connectivity index (χ1v) is 14.2. The minimum atomic E-state index is -0.595. The quantitative estimate of drug-likeness (QED) is 0.161. The third-order valence-corrected chi connectivity index (χ3v) is 7.71. The summed E-state index contributed by atoms with van der Waals surface area (Å²) in [6.45, 7) is 5.19. The summed E-state index contributed by atoms with van der Waals surface area (Å²) in [4.78, 5) is 18.0. The Balaban J connectivity index is 1.42. The van der Waals surface area contributed by atoms with Crippen LogP contribution < -0.4 is 4.74 Å². The summed E-state index contributed by atoms with van der Waals surface area (Å²) in [7, 11) is 0. The summed E-state index contributed by atoms with van der Waals surface area (Å²) in [5.41, 5.74) is 3.88. The number of aromatic nitrogens is 1. The van der Waals surface area contributed by atoms with Gasteiger partial charge in [-0.25, -0.2) is 9.79 Å². The van der Waals surface area contributed by atoms with Crippen LogP contribution in [0.1, 0.15) is 24.5 Å². The van der Waals surface area contributed by atoms with Gasteiger partial charge in [-0.1, -0.05) is 71.4 Å². The molecule has 0 bridgehead atoms. The number of rotatable bonds is 9. The van der Waals surface area contributed by atoms with Gasteiger partial charge in [-0.05, 0) is 56.7 Å². The molecule has 0 atom stereocenters. The van der Waals surface area contributed by atoms with E-state index >= 15 is 0 Å². The number of carbonyl (C=O) groups excluding carboxylic acids is 1. The summed E-state index contributed by atoms with van der Waals surface area (Å²) in [6, 6.07) is 23.2. The smallest absolute Gasteiger partial charge is 0.344 e. The summed E-state index contributed by atoms with van der Waals surface area (Å²) in [5, 5.41) is 13.2. The lowest BCUT2D eigenvalue weighted by Crippen LogP contribution is -2.12. The molecule has 0 saturated carbocycles. The zero-order valence-corrected chi connectivity index (χ0v) is 23.8. The Hall–Kier alpha value is -3.94. The first kappa shape index (κ1) is 27.6. The lowest BCUT2D eigenvalue weighted by atomic mass is 10.1. The molecule has 0 fully saturated rings. The van der Waals surface area contributed by atoms with E-state index in [0.29, 0.717) is 33.0 Å². The van der Waals surface area contributed by atoms with Gasteiger partial charge >= 0.3 is 5.97 Å². The number of thioether (sulfide) groups is 1. The summed E-state index contributed by atoms with van der Waals surface area (Å²) < 4.78 is 13.3. The van der Waals surface area contributed by atoms with E-state index in [1.165, 1.54) is 11.8 Å². The van der Waals surface area contributed by atoms with E-state index in [1.54, 1.807) is 6.92 Å². The number of benzene rings is 3. The molecule has 0 amide bonds. The van der Waals surface area contributed by atoms with E-state index in [2.05, 4.69) is 21.8 Å². The van der Waals surface area contributed by atoms with Crippen LogP contribution in [0.25, 0.3) is 17.0 Å². The predicted molar refractivity (Wildman–Crippen MR) is 164 cm³/mol. The number of fused-ring (bicyclic) bond motifs is 1. The zero-order valence-electron chi connectivity index (χ0n) is 22.3. The van der Waals surface area contributed by atoms with E-state index in [4.69, 9.17) is 21.1 Å². The molecule has 40 heavy (non-hydrogen) atoms. The molecule has 8 heteroatoms. The highest BCUT2D eigenvalue weighted by molar-refractivity contribution is 8.18. The largest absolute Gasteiger partial charge is 0.506 e. The van der Waals surface area contributed by atoms with Gasteiger partial charge in [0.25, 0.3) is 0 Å². The summed E-state index contributed by atoms with van der Waals surface area (Å²) >= 11 is 7.46. The minimum absolute atomic E-state index is 0.0825. The number of aryl methyl sites for hydroxylation is 2. The monoisotopic (exact) mass is 572 g/mol. The standard InChI is InChI=1S/C32H29ClN2O4S/c1-3-38-32(37)29-30(36)28(40-31(29)34-23-15-13-21(2)14-16-23)19-22-20-35(26-11-6-4-9-24(22)26)17-8-18-39-27-12-7-5-10-25(27)33/h4-7,9-16,19-20,36H,3,8,17-18H2,1-2H3/b28-19-,34-31?. The van der Waals surface area contributed by atoms with Gasteiger partial charge in [0.2, 0.25) is 0 Å². The Morgan fingerprint density at radius 2 is 1.82 bits per heavy atom. The van der Waals surface area contributed by atoms with Gasteiger partial charge < -0.3 is 19.1 Å². The fourth-order valence-corrected chi connectivity index (χ4v) is 5.64. The second-order valence-electron chi connectivity index (χ2n) is 9.23. The SMILES string of the molecule is CCOC(=O)C1=C(O)/C(=C/c2cn(CCCOc3ccccc3Cl)c3ccccc23)SC1=Nc1ccc(C)cc1. The number of aliphatic hydroxyl groups excluding tert-OH is 1. The number of aliphatic imine (C=N–C) groups is 1. The van der Waals surface area contributed by atoms with Crippen LogP contribution in [0.15, 0.2) is 100 Å². The van der Waals surface area contributed by atoms with Crippen molar-refractivity contribution in [1.29, 1.82) is 0 Å². The zero-order chi connectivity index (χ0) is 28.1. The first-order valence-electron chi connectivity index (χ1n) is 13.1. The van der Waals surface area contributed by atoms with Crippen LogP contribution in [0.2, 0.25) is 5.02 Å². The maximum absolute atomic E-state index is 12.8. The van der Waals surface area contributed by atoms with Crippen LogP contribution in [0.5, 0.6) is 5.75 Å². The van der Waals surface area contributed by atoms with E-state index in [1.807, 2.05) is 79.7 Å². The average molecular weight is 573 g/mol. The van der Waals surface area contributed by atoms with Crippen molar-refractivity contribution in [2.45, 2.75) is 26.8 Å². The lowest BCUT2D eigenvalue weighted by molar-refractivity contribution is -0.138. The topological polar surface area (TPSA) is 73.0 Å². The van der Waals surface area contributed by atoms with E-state index in [-0.39, 0.29) is 17.9 Å². The Morgan fingerprint density at radius 1 is 1.07 bits per heavy atom. The highest BCUT2D eigenvalue weighted by Gasteiger charge is 2.33. The molecular weight excluding hydrogens is 544 g/mol. The van der Waals surface area contributed by atoms with Crippen LogP contribution in [0.4, 0.5) is 5.69 Å². The fourth-order valence-electron chi connectivity index (χ4n) is 4.42. The molecule has 2 heterocycles. The highest BCUT2D eigenvalue weighted by atomic mass is 35.5. The van der Waals surface area contributed by atoms with Crippen LogP contribution in [-0.2, 0) is 16.1 Å². The molecule has 0 saturated heterocycles. The average Bonchev–Trinajstić information content (AvgIpc) is 3.45. The van der Waals surface area contributed by atoms with Crippen molar-refractivity contribution in [3.05, 3.63) is 111 Å². The van der Waals surface area contributed by atoms with Crippen LogP contribution in [-0.4, -0.2) is 33.9 Å². The number of nitrogens with zero attached hydrogens (tertiary/aromatic N) is 2. The van der Waals surface area contributed by atoms with Crippen LogP contribution >= 0.6 is 23.4 Å². The van der Waals surface area contributed by atoms with Gasteiger partial charge in [-0.3, -0.25) is 0 Å². The third-order valence-electron chi connectivity index (χ3n) is 6.38. The first-order chi connectivity index (χ1) is 19.4. The third kappa shape index (κ3) is 6.11. The molecular formula is C32H29ClN2O4S. The molecule has 4 aromatic rings. The van der Waals surface area contributed by atoms with Gasteiger partial charge in [0.1, 0.15) is 22.1 Å². The number of esters is 1. The number of aliphatic hydroxyl groups is 1. The molecule has 0 aliphatic carbocycles. The van der Waals surface area contributed by atoms with Crippen molar-refractivity contribution < 1.29 is 19.4 Å². The lowest BCUT2D eigenvalue weighted by Gasteiger charge is -2.09. The van der Waals surface area contributed by atoms with E-state index in [0.717, 1.165) is 35.0 Å². The molecule has 1 aliphatic rings. The fraction of sp³-hybridized carbons (Fsp3) is 0.188. The number of para-hydroxylation sites is 2. The number of halogens is 1. The second kappa shape index (κ2) is 12.5. The molecule has 1 N–H and O–H groups in total. The maximum Gasteiger partial charge on any atom is 0.344 e. The van der Waals surface area contributed by atoms with Crippen LogP contribution in [0.3, 0.4) is 0 Å². The van der Waals surface area contributed by atoms with Gasteiger partial charge in [0, 0.05) is 29.2 Å². The molecule has 5 rings (SSSR count). The van der Waals surface area contributed by atoms with Crippen molar-refractivity contribution in [2.24, 2.45) is 4.99 Å². The Labute approximate surface area is 242 Å². The van der Waals surface area contributed by atoms with Crippen molar-refractivity contribution in [3.63, 3.8) is 0 Å². The Bertz CT molecular complexity index is 1640. The van der Waals surface area contributed by atoms with E-state index < -0.39 is 5.97 Å². The molecule has 6 nitrogen and oxygen atoms in total. The number of hydrogen-bond acceptors (Lipinski definition) is 6. The molecule has 1 aliphatic heterocycles. The molecule has 3 aromatic carbocycles. The minimum Gasteiger partial charge on any atom is -0.506 e. The van der Waals surface area contributed by atoms with Crippen molar-refractivity contribution in [3.8, 4) is 5.75 Å². The van der Waals surface area contributed by atoms with Gasteiger partial charge in [0.05, 0.1) is 28.8 Å². The maximum atomic E-state index is 12.8. The van der Waals surface area contributed by atoms with Crippen molar-refractivity contribution in [1.82, 2.24) is 4.57 Å². The summed E-state index contributed by atoms with van der Waals surface area (Å²) in [6.07, 6.45) is 4.73. The van der Waals surface area contributed by atoms with Crippen molar-refractivity contribution >= 4 is 57.0 Å². The second-order valence-corrected chi connectivity index (χ2v) is 10.7. The molecule has 0 unspecified atom stereocenters. The normalized spacial score (nSPS) is 15.4. The van der Waals surface area contributed by atoms with E-state index in [9.17, 15) is 9.90 Å². The number of hydrogen-bond donors (Lipinski definition) is 1. The number of carbonyl (C=O) groups is 1. The van der Waals surface area contributed by atoms with Crippen molar-refractivity contribution in [2.75, 3.05) is 13.2 Å². The number of ether oxygens (including phenoxy) is 2. The molecule has 0 spiro atoms. The molecule has 0 radical (unpaired) electrons. The Morgan fingerprint density at radius 3 is 2.60 bits per heavy atom. The van der Waals surface area contributed by atoms with Gasteiger partial charge in [0.15, 0.2) is 0 Å². The molecule has 1 aromatic heterocycles. The van der Waals surface area contributed by atoms with Gasteiger partial charge in [-0.15, -0.1) is 0 Å². The highest BCUT2D eigenvalue weighted by Crippen LogP contribution is 2.41. The Kier molecular flexibility index (Phi) is 8.63. The van der Waals surface area contributed by atoms with Gasteiger partial charge in [-0.2, -0.15) is 0 Å². The predicted octanol–water partition coefficient (Wildman–Crippen LogP) is 8.27. The summed E-state index contributed by atoms with van der Waals surface area (Å²) in [5.74, 6) is -0.0463. The molecule has 204 valence electrons.